The minimum Gasteiger partial charge on any atom is -0.467 e. The molecule has 1 rings (SSSR count). The van der Waals surface area contributed by atoms with E-state index in [-0.39, 0.29) is 5.91 Å². The van der Waals surface area contributed by atoms with Crippen molar-refractivity contribution in [3.05, 3.63) is 23.7 Å². The van der Waals surface area contributed by atoms with Crippen LogP contribution in [0.3, 0.4) is 0 Å². The van der Waals surface area contributed by atoms with Crippen LogP contribution < -0.4 is 11.1 Å². The minimum atomic E-state index is -0.118. The first-order chi connectivity index (χ1) is 7.67. The summed E-state index contributed by atoms with van der Waals surface area (Å²) >= 11 is 0. The molecule has 1 aromatic heterocycles. The Balaban J connectivity index is 2.35. The van der Waals surface area contributed by atoms with Gasteiger partial charge in [-0.15, -0.1) is 0 Å². The molecule has 16 heavy (non-hydrogen) atoms. The summed E-state index contributed by atoms with van der Waals surface area (Å²) in [6, 6.07) is 1.67. The van der Waals surface area contributed by atoms with E-state index in [1.165, 1.54) is 6.26 Å². The number of carbonyl (C=O) groups is 1. The van der Waals surface area contributed by atoms with Crippen LogP contribution in [0.15, 0.2) is 16.7 Å². The second-order valence-corrected chi connectivity index (χ2v) is 3.66. The third-order valence-corrected chi connectivity index (χ3v) is 2.44. The van der Waals surface area contributed by atoms with Crippen molar-refractivity contribution in [2.45, 2.75) is 13.5 Å². The summed E-state index contributed by atoms with van der Waals surface area (Å²) in [7, 11) is 2.01. The maximum absolute atomic E-state index is 11.6. The van der Waals surface area contributed by atoms with Crippen molar-refractivity contribution in [3.63, 3.8) is 0 Å². The lowest BCUT2D eigenvalue weighted by atomic mass is 10.3. The van der Waals surface area contributed by atoms with Gasteiger partial charge in [-0.1, -0.05) is 6.92 Å². The largest absolute Gasteiger partial charge is 0.467 e. The van der Waals surface area contributed by atoms with Gasteiger partial charge in [-0.25, -0.2) is 0 Å². The first kappa shape index (κ1) is 12.7. The molecule has 0 fully saturated rings. The van der Waals surface area contributed by atoms with Crippen molar-refractivity contribution in [1.82, 2.24) is 10.2 Å². The number of nitrogens with one attached hydrogen (secondary N) is 1. The topological polar surface area (TPSA) is 71.5 Å². The fourth-order valence-corrected chi connectivity index (χ4v) is 1.23. The van der Waals surface area contributed by atoms with Gasteiger partial charge in [0.2, 0.25) is 0 Å². The summed E-state index contributed by atoms with van der Waals surface area (Å²) in [5.41, 5.74) is 5.92. The molecule has 0 bridgehead atoms. The Kier molecular flexibility index (Phi) is 5.01. The average molecular weight is 225 g/mol. The van der Waals surface area contributed by atoms with Crippen molar-refractivity contribution in [3.8, 4) is 0 Å². The van der Waals surface area contributed by atoms with Gasteiger partial charge in [0.15, 0.2) is 0 Å². The van der Waals surface area contributed by atoms with E-state index in [0.717, 1.165) is 13.1 Å². The van der Waals surface area contributed by atoms with Gasteiger partial charge in [0.05, 0.1) is 12.1 Å². The van der Waals surface area contributed by atoms with Gasteiger partial charge in [0.25, 0.3) is 5.91 Å². The molecule has 0 aliphatic heterocycles. The van der Waals surface area contributed by atoms with Crippen LogP contribution >= 0.6 is 0 Å². The van der Waals surface area contributed by atoms with E-state index < -0.39 is 0 Å². The van der Waals surface area contributed by atoms with E-state index in [1.54, 1.807) is 6.07 Å². The van der Waals surface area contributed by atoms with Gasteiger partial charge in [0.1, 0.15) is 12.0 Å². The summed E-state index contributed by atoms with van der Waals surface area (Å²) in [6.45, 7) is 4.83. The van der Waals surface area contributed by atoms with Gasteiger partial charge in [0, 0.05) is 13.1 Å². The number of furan rings is 1. The Morgan fingerprint density at radius 2 is 2.38 bits per heavy atom. The van der Waals surface area contributed by atoms with Gasteiger partial charge in [-0.05, 0) is 19.7 Å². The summed E-state index contributed by atoms with van der Waals surface area (Å²) in [4.78, 5) is 13.7. The van der Waals surface area contributed by atoms with E-state index in [4.69, 9.17) is 10.2 Å². The van der Waals surface area contributed by atoms with E-state index in [1.807, 2.05) is 7.05 Å². The highest BCUT2D eigenvalue weighted by Gasteiger charge is 2.08. The summed E-state index contributed by atoms with van der Waals surface area (Å²) in [5, 5.41) is 2.82. The molecule has 0 aromatic carbocycles. The van der Waals surface area contributed by atoms with Crippen molar-refractivity contribution < 1.29 is 9.21 Å². The number of hydrogen-bond acceptors (Lipinski definition) is 4. The van der Waals surface area contributed by atoms with Crippen LogP contribution in [0.1, 0.15) is 23.0 Å². The highest BCUT2D eigenvalue weighted by molar-refractivity contribution is 5.93. The normalized spacial score (nSPS) is 10.8. The molecule has 0 saturated heterocycles. The van der Waals surface area contributed by atoms with Crippen LogP contribution in [0, 0.1) is 0 Å². The molecule has 5 heteroatoms. The van der Waals surface area contributed by atoms with E-state index in [0.29, 0.717) is 24.4 Å². The average Bonchev–Trinajstić information content (AvgIpc) is 2.77. The molecular formula is C11H19N3O2. The number of carbonyl (C=O) groups excluding carboxylic acids is 1. The Bertz CT molecular complexity index is 336. The number of nitrogens with zero attached hydrogens (tertiary/aromatic N) is 1. The third-order valence-electron chi connectivity index (χ3n) is 2.44. The number of nitrogens with two attached hydrogens (primary N) is 1. The number of likely N-dealkylation sites (N-methyl/N-ethyl adjacent to an activating group) is 1. The molecular weight excluding hydrogens is 206 g/mol. The Labute approximate surface area is 95.6 Å². The molecule has 0 aliphatic rings. The Hall–Kier alpha value is -1.33. The van der Waals surface area contributed by atoms with Gasteiger partial charge in [-0.2, -0.15) is 0 Å². The number of hydrogen-bond donors (Lipinski definition) is 2. The molecule has 1 heterocycles. The molecule has 0 aliphatic carbocycles. The zero-order chi connectivity index (χ0) is 12.0. The zero-order valence-electron chi connectivity index (χ0n) is 9.82. The van der Waals surface area contributed by atoms with Gasteiger partial charge < -0.3 is 20.4 Å². The Morgan fingerprint density at radius 1 is 1.62 bits per heavy atom. The maximum atomic E-state index is 11.6. The second kappa shape index (κ2) is 6.30. The van der Waals surface area contributed by atoms with Crippen LogP contribution in [-0.4, -0.2) is 37.5 Å². The van der Waals surface area contributed by atoms with Crippen LogP contribution in [0.4, 0.5) is 0 Å². The van der Waals surface area contributed by atoms with E-state index in [2.05, 4.69) is 17.1 Å². The molecule has 1 amide bonds. The molecule has 0 atom stereocenters. The highest BCUT2D eigenvalue weighted by Crippen LogP contribution is 2.06. The molecule has 0 spiro atoms. The SMILES string of the molecule is CCN(C)CCNC(=O)c1coc(CN)c1. The van der Waals surface area contributed by atoms with E-state index in [9.17, 15) is 4.79 Å². The molecule has 0 unspecified atom stereocenters. The van der Waals surface area contributed by atoms with Crippen molar-refractivity contribution in [2.75, 3.05) is 26.7 Å². The van der Waals surface area contributed by atoms with Crippen molar-refractivity contribution in [2.24, 2.45) is 5.73 Å². The molecule has 90 valence electrons. The predicted octanol–water partition coefficient (Wildman–Crippen LogP) is 0.420. The lowest BCUT2D eigenvalue weighted by molar-refractivity contribution is 0.0949. The fraction of sp³-hybridized carbons (Fsp3) is 0.545. The first-order valence-corrected chi connectivity index (χ1v) is 5.41. The van der Waals surface area contributed by atoms with Crippen LogP contribution in [0.5, 0.6) is 0 Å². The number of rotatable bonds is 6. The summed E-state index contributed by atoms with van der Waals surface area (Å²) < 4.78 is 5.09. The molecule has 5 nitrogen and oxygen atoms in total. The van der Waals surface area contributed by atoms with Crippen LogP contribution in [0.25, 0.3) is 0 Å². The third kappa shape index (κ3) is 3.67. The minimum absolute atomic E-state index is 0.118. The van der Waals surface area contributed by atoms with Gasteiger partial charge in [-0.3, -0.25) is 4.79 Å². The zero-order valence-corrected chi connectivity index (χ0v) is 9.82. The standard InChI is InChI=1S/C11H19N3O2/c1-3-14(2)5-4-13-11(15)9-6-10(7-12)16-8-9/h6,8H,3-5,7,12H2,1-2H3,(H,13,15). The maximum Gasteiger partial charge on any atom is 0.254 e. The second-order valence-electron chi connectivity index (χ2n) is 3.66. The smallest absolute Gasteiger partial charge is 0.254 e. The van der Waals surface area contributed by atoms with Gasteiger partial charge >= 0.3 is 0 Å². The molecule has 0 radical (unpaired) electrons. The van der Waals surface area contributed by atoms with Crippen LogP contribution in [0.2, 0.25) is 0 Å². The van der Waals surface area contributed by atoms with E-state index >= 15 is 0 Å². The number of amides is 1. The Morgan fingerprint density at radius 3 is 2.94 bits per heavy atom. The molecule has 1 aromatic rings. The lowest BCUT2D eigenvalue weighted by Gasteiger charge is -2.13. The monoisotopic (exact) mass is 225 g/mol. The molecule has 0 saturated carbocycles. The molecule has 3 N–H and O–H groups in total. The van der Waals surface area contributed by atoms with Crippen LogP contribution in [-0.2, 0) is 6.54 Å². The first-order valence-electron chi connectivity index (χ1n) is 5.41. The predicted molar refractivity (Wildman–Crippen MR) is 62.1 cm³/mol. The summed E-state index contributed by atoms with van der Waals surface area (Å²) in [6.07, 6.45) is 1.43. The lowest BCUT2D eigenvalue weighted by Crippen LogP contribution is -2.32. The highest BCUT2D eigenvalue weighted by atomic mass is 16.3. The summed E-state index contributed by atoms with van der Waals surface area (Å²) in [5.74, 6) is 0.503. The van der Waals surface area contributed by atoms with Crippen molar-refractivity contribution >= 4 is 5.91 Å². The quantitative estimate of drug-likeness (QED) is 0.736. The fourth-order valence-electron chi connectivity index (χ4n) is 1.23. The van der Waals surface area contributed by atoms with Crippen molar-refractivity contribution in [1.29, 1.82) is 0 Å².